The highest BCUT2D eigenvalue weighted by molar-refractivity contribution is 7.89. The zero-order valence-corrected chi connectivity index (χ0v) is 16.1. The van der Waals surface area contributed by atoms with Crippen molar-refractivity contribution in [2.24, 2.45) is 5.10 Å². The van der Waals surface area contributed by atoms with E-state index in [0.717, 1.165) is 6.21 Å². The Hall–Kier alpha value is -2.16. The van der Waals surface area contributed by atoms with Gasteiger partial charge in [-0.15, -0.1) is 0 Å². The average Bonchev–Trinajstić information content (AvgIpc) is 2.57. The monoisotopic (exact) mass is 418 g/mol. The summed E-state index contributed by atoms with van der Waals surface area (Å²) in [6.07, 6.45) is 0.983. The first kappa shape index (κ1) is 20.2. The van der Waals surface area contributed by atoms with Gasteiger partial charge in [0, 0.05) is 5.56 Å². The number of benzene rings is 2. The predicted octanol–water partition coefficient (Wildman–Crippen LogP) is 3.50. The molecular weight excluding hydrogens is 403 g/mol. The van der Waals surface area contributed by atoms with Crippen LogP contribution < -0.4 is 9.57 Å². The van der Waals surface area contributed by atoms with Crippen molar-refractivity contribution >= 4 is 39.4 Å². The molecule has 26 heavy (non-hydrogen) atoms. The molecule has 10 heteroatoms. The number of hydrazone groups is 1. The van der Waals surface area contributed by atoms with E-state index in [1.54, 1.807) is 0 Å². The topological polar surface area (TPSA) is 108 Å². The largest absolute Gasteiger partial charge is 0.506 e. The lowest BCUT2D eigenvalue weighted by Gasteiger charge is -2.10. The van der Waals surface area contributed by atoms with Crippen LogP contribution in [0.4, 0.5) is 0 Å². The fourth-order valence-corrected chi connectivity index (χ4v) is 3.17. The standard InChI is InChI=1S/C16H16Cl2N2O5S/c1-9(2)25-11-3-5-12(6-4-11)26(23,24)20-19-8-10-7-13(17)16(22)14(18)15(10)21/h3-9,20-22H,1-2H3/b19-8+. The lowest BCUT2D eigenvalue weighted by Crippen LogP contribution is -2.18. The maximum atomic E-state index is 12.2. The van der Waals surface area contributed by atoms with E-state index in [9.17, 15) is 18.6 Å². The number of hydrogen-bond acceptors (Lipinski definition) is 6. The first-order valence-corrected chi connectivity index (χ1v) is 9.57. The number of phenolic OH excluding ortho intramolecular Hbond substituents is 2. The molecule has 0 bridgehead atoms. The Kier molecular flexibility index (Phi) is 6.22. The summed E-state index contributed by atoms with van der Waals surface area (Å²) in [6.45, 7) is 3.72. The van der Waals surface area contributed by atoms with Crippen LogP contribution in [0.15, 0.2) is 40.3 Å². The van der Waals surface area contributed by atoms with Crippen LogP contribution in [0.2, 0.25) is 10.0 Å². The molecule has 0 aliphatic carbocycles. The number of aromatic hydroxyl groups is 2. The number of halogens is 2. The number of ether oxygens (including phenoxy) is 1. The van der Waals surface area contributed by atoms with E-state index in [0.29, 0.717) is 5.75 Å². The Morgan fingerprint density at radius 1 is 1.15 bits per heavy atom. The third-order valence-electron chi connectivity index (χ3n) is 3.08. The normalized spacial score (nSPS) is 11.9. The number of phenols is 2. The molecule has 2 rings (SSSR count). The zero-order chi connectivity index (χ0) is 19.5. The summed E-state index contributed by atoms with van der Waals surface area (Å²) in [5.41, 5.74) is 0.0289. The molecule has 0 saturated carbocycles. The minimum atomic E-state index is -3.92. The molecule has 0 fully saturated rings. The molecule has 140 valence electrons. The maximum absolute atomic E-state index is 12.2. The fraction of sp³-hybridized carbons (Fsp3) is 0.188. The molecule has 0 heterocycles. The molecule has 0 spiro atoms. The molecule has 0 aliphatic rings. The first-order chi connectivity index (χ1) is 12.1. The predicted molar refractivity (Wildman–Crippen MR) is 99.9 cm³/mol. The summed E-state index contributed by atoms with van der Waals surface area (Å²) >= 11 is 11.5. The van der Waals surface area contributed by atoms with Crippen LogP contribution in [0.5, 0.6) is 17.2 Å². The van der Waals surface area contributed by atoms with Gasteiger partial charge in [0.25, 0.3) is 10.0 Å². The number of hydrogen-bond donors (Lipinski definition) is 3. The van der Waals surface area contributed by atoms with Gasteiger partial charge < -0.3 is 14.9 Å². The van der Waals surface area contributed by atoms with Crippen molar-refractivity contribution in [1.82, 2.24) is 4.83 Å². The maximum Gasteiger partial charge on any atom is 0.276 e. The van der Waals surface area contributed by atoms with E-state index in [1.807, 2.05) is 18.7 Å². The van der Waals surface area contributed by atoms with Gasteiger partial charge in [0.05, 0.1) is 22.2 Å². The summed E-state index contributed by atoms with van der Waals surface area (Å²) < 4.78 is 29.9. The Morgan fingerprint density at radius 3 is 2.35 bits per heavy atom. The van der Waals surface area contributed by atoms with E-state index in [1.165, 1.54) is 30.3 Å². The molecule has 0 aliphatic heterocycles. The molecule has 0 atom stereocenters. The lowest BCUT2D eigenvalue weighted by atomic mass is 10.2. The third-order valence-corrected chi connectivity index (χ3v) is 4.96. The van der Waals surface area contributed by atoms with Gasteiger partial charge in [0.2, 0.25) is 0 Å². The second kappa shape index (κ2) is 8.03. The van der Waals surface area contributed by atoms with Gasteiger partial charge in [-0.2, -0.15) is 13.5 Å². The summed E-state index contributed by atoms with van der Waals surface area (Å²) in [7, 11) is -3.92. The molecule has 2 aromatic carbocycles. The van der Waals surface area contributed by atoms with Crippen LogP contribution >= 0.6 is 23.2 Å². The van der Waals surface area contributed by atoms with E-state index in [4.69, 9.17) is 27.9 Å². The van der Waals surface area contributed by atoms with Gasteiger partial charge >= 0.3 is 0 Å². The van der Waals surface area contributed by atoms with Gasteiger partial charge in [-0.25, -0.2) is 4.83 Å². The molecular formula is C16H16Cl2N2O5S. The van der Waals surface area contributed by atoms with Gasteiger partial charge in [-0.3, -0.25) is 0 Å². The van der Waals surface area contributed by atoms with Crippen LogP contribution in [0.25, 0.3) is 0 Å². The molecule has 0 saturated heterocycles. The Labute approximate surface area is 160 Å². The summed E-state index contributed by atoms with van der Waals surface area (Å²) in [5, 5.41) is 22.4. The number of sulfonamides is 1. The summed E-state index contributed by atoms with van der Waals surface area (Å²) in [6, 6.07) is 7.00. The van der Waals surface area contributed by atoms with Gasteiger partial charge in [-0.1, -0.05) is 23.2 Å². The van der Waals surface area contributed by atoms with Crippen molar-refractivity contribution < 1.29 is 23.4 Å². The van der Waals surface area contributed by atoms with Crippen molar-refractivity contribution in [3.63, 3.8) is 0 Å². The zero-order valence-electron chi connectivity index (χ0n) is 13.8. The quantitative estimate of drug-likeness (QED) is 0.491. The molecule has 0 unspecified atom stereocenters. The average molecular weight is 419 g/mol. The van der Waals surface area contributed by atoms with E-state index >= 15 is 0 Å². The Morgan fingerprint density at radius 2 is 1.77 bits per heavy atom. The first-order valence-electron chi connectivity index (χ1n) is 7.33. The minimum Gasteiger partial charge on any atom is -0.506 e. The van der Waals surface area contributed by atoms with E-state index in [-0.39, 0.29) is 26.6 Å². The molecule has 0 radical (unpaired) electrons. The molecule has 3 N–H and O–H groups in total. The van der Waals surface area contributed by atoms with Gasteiger partial charge in [0.1, 0.15) is 16.5 Å². The highest BCUT2D eigenvalue weighted by Gasteiger charge is 2.15. The smallest absolute Gasteiger partial charge is 0.276 e. The van der Waals surface area contributed by atoms with E-state index in [2.05, 4.69) is 5.10 Å². The van der Waals surface area contributed by atoms with Crippen molar-refractivity contribution in [3.8, 4) is 17.2 Å². The van der Waals surface area contributed by atoms with Crippen molar-refractivity contribution in [3.05, 3.63) is 45.9 Å². The van der Waals surface area contributed by atoms with Crippen LogP contribution in [0.1, 0.15) is 19.4 Å². The number of nitrogens with zero attached hydrogens (tertiary/aromatic N) is 1. The van der Waals surface area contributed by atoms with Gasteiger partial charge in [-0.05, 0) is 44.2 Å². The van der Waals surface area contributed by atoms with Crippen molar-refractivity contribution in [1.29, 1.82) is 0 Å². The summed E-state index contributed by atoms with van der Waals surface area (Å²) in [4.78, 5) is 1.99. The Bertz CT molecular complexity index is 929. The van der Waals surface area contributed by atoms with Gasteiger partial charge in [0.15, 0.2) is 5.75 Å². The molecule has 2 aromatic rings. The second-order valence-corrected chi connectivity index (χ2v) is 7.90. The minimum absolute atomic E-state index is 0.0169. The van der Waals surface area contributed by atoms with Crippen LogP contribution in [0.3, 0.4) is 0 Å². The van der Waals surface area contributed by atoms with Crippen molar-refractivity contribution in [2.45, 2.75) is 24.8 Å². The van der Waals surface area contributed by atoms with Crippen LogP contribution in [-0.4, -0.2) is 30.9 Å². The number of nitrogens with one attached hydrogen (secondary N) is 1. The number of rotatable bonds is 6. The third kappa shape index (κ3) is 4.72. The Balaban J connectivity index is 2.17. The molecule has 0 amide bonds. The van der Waals surface area contributed by atoms with Crippen molar-refractivity contribution in [2.75, 3.05) is 0 Å². The second-order valence-electron chi connectivity index (χ2n) is 5.45. The lowest BCUT2D eigenvalue weighted by molar-refractivity contribution is 0.242. The SMILES string of the molecule is CC(C)Oc1ccc(S(=O)(=O)N/N=C/c2cc(Cl)c(O)c(Cl)c2O)cc1. The fourth-order valence-electron chi connectivity index (χ4n) is 1.90. The summed E-state index contributed by atoms with van der Waals surface area (Å²) in [5.74, 6) is -0.417. The van der Waals surface area contributed by atoms with E-state index < -0.39 is 21.5 Å². The molecule has 7 nitrogen and oxygen atoms in total. The highest BCUT2D eigenvalue weighted by Crippen LogP contribution is 2.40. The molecule has 0 aromatic heterocycles. The highest BCUT2D eigenvalue weighted by atomic mass is 35.5. The van der Waals surface area contributed by atoms with Crippen LogP contribution in [-0.2, 0) is 10.0 Å². The van der Waals surface area contributed by atoms with Crippen LogP contribution in [0, 0.1) is 0 Å².